The Bertz CT molecular complexity index is 2460. The number of pyridine rings is 1. The first-order valence-corrected chi connectivity index (χ1v) is 15.7. The lowest BCUT2D eigenvalue weighted by molar-refractivity contribution is 1.07. The molecule has 0 atom stereocenters. The smallest absolute Gasteiger partial charge is 0.164 e. The molecule has 0 aliphatic carbocycles. The van der Waals surface area contributed by atoms with E-state index in [9.17, 15) is 0 Å². The molecular formula is C40H24N4S. The Labute approximate surface area is 263 Å². The van der Waals surface area contributed by atoms with Gasteiger partial charge in [0.05, 0.1) is 15.9 Å². The molecule has 0 radical (unpaired) electrons. The molecule has 0 unspecified atom stereocenters. The summed E-state index contributed by atoms with van der Waals surface area (Å²) in [5.41, 5.74) is 5.89. The van der Waals surface area contributed by atoms with Gasteiger partial charge >= 0.3 is 0 Å². The van der Waals surface area contributed by atoms with Crippen molar-refractivity contribution in [3.05, 3.63) is 146 Å². The standard InChI is InChI=1S/C40H24N4S/c1-3-12-27(13-4-1)38-42-39(28-14-5-2-6-15-28)44-40(43-38)29-21-19-26(20-22-29)36-37-35(31-17-9-10-18-33(31)45-37)34-30-16-8-7-11-25(30)23-24-32(34)41-36/h1-24H. The first kappa shape index (κ1) is 25.7. The highest BCUT2D eigenvalue weighted by Crippen LogP contribution is 2.44. The van der Waals surface area contributed by atoms with E-state index in [0.29, 0.717) is 17.5 Å². The van der Waals surface area contributed by atoms with Gasteiger partial charge in [0.1, 0.15) is 0 Å². The number of rotatable bonds is 4. The zero-order valence-corrected chi connectivity index (χ0v) is 24.9. The van der Waals surface area contributed by atoms with Gasteiger partial charge in [0, 0.05) is 43.1 Å². The van der Waals surface area contributed by atoms with E-state index in [1.165, 1.54) is 36.3 Å². The van der Waals surface area contributed by atoms with Gasteiger partial charge in [-0.1, -0.05) is 133 Å². The predicted molar refractivity (Wildman–Crippen MR) is 187 cm³/mol. The monoisotopic (exact) mass is 592 g/mol. The Morgan fingerprint density at radius 1 is 0.378 bits per heavy atom. The summed E-state index contributed by atoms with van der Waals surface area (Å²) in [5, 5.41) is 6.21. The first-order chi connectivity index (χ1) is 22.3. The molecule has 0 bridgehead atoms. The van der Waals surface area contributed by atoms with Gasteiger partial charge in [-0.15, -0.1) is 11.3 Å². The lowest BCUT2D eigenvalue weighted by Crippen LogP contribution is -2.00. The van der Waals surface area contributed by atoms with Crippen LogP contribution in [0.3, 0.4) is 0 Å². The largest absolute Gasteiger partial charge is 0.246 e. The van der Waals surface area contributed by atoms with Crippen LogP contribution >= 0.6 is 11.3 Å². The Morgan fingerprint density at radius 3 is 1.58 bits per heavy atom. The van der Waals surface area contributed by atoms with Gasteiger partial charge in [-0.2, -0.15) is 0 Å². The van der Waals surface area contributed by atoms with Crippen LogP contribution in [0, 0.1) is 0 Å². The van der Waals surface area contributed by atoms with Gasteiger partial charge in [0.2, 0.25) is 0 Å². The lowest BCUT2D eigenvalue weighted by Gasteiger charge is -2.11. The number of benzene rings is 6. The molecule has 0 spiro atoms. The minimum Gasteiger partial charge on any atom is -0.246 e. The molecule has 0 aliphatic rings. The van der Waals surface area contributed by atoms with Crippen LogP contribution in [-0.2, 0) is 0 Å². The molecular weight excluding hydrogens is 569 g/mol. The van der Waals surface area contributed by atoms with Gasteiger partial charge in [-0.05, 0) is 22.9 Å². The van der Waals surface area contributed by atoms with Crippen LogP contribution < -0.4 is 0 Å². The van der Waals surface area contributed by atoms with Crippen molar-refractivity contribution in [2.75, 3.05) is 0 Å². The molecule has 4 nitrogen and oxygen atoms in total. The Kier molecular flexibility index (Phi) is 5.96. The molecule has 3 aromatic heterocycles. The predicted octanol–water partition coefficient (Wildman–Crippen LogP) is 10.6. The van der Waals surface area contributed by atoms with E-state index in [1.54, 1.807) is 0 Å². The molecule has 0 saturated carbocycles. The summed E-state index contributed by atoms with van der Waals surface area (Å²) in [5.74, 6) is 1.94. The lowest BCUT2D eigenvalue weighted by atomic mass is 9.98. The van der Waals surface area contributed by atoms with Crippen LogP contribution in [0.5, 0.6) is 0 Å². The van der Waals surface area contributed by atoms with E-state index < -0.39 is 0 Å². The van der Waals surface area contributed by atoms with Crippen molar-refractivity contribution in [2.45, 2.75) is 0 Å². The van der Waals surface area contributed by atoms with E-state index in [-0.39, 0.29) is 0 Å². The van der Waals surface area contributed by atoms with E-state index >= 15 is 0 Å². The zero-order chi connectivity index (χ0) is 29.7. The summed E-state index contributed by atoms with van der Waals surface area (Å²) in [6, 6.07) is 50.2. The number of aromatic nitrogens is 4. The highest BCUT2D eigenvalue weighted by Gasteiger charge is 2.18. The maximum absolute atomic E-state index is 5.30. The van der Waals surface area contributed by atoms with Crippen molar-refractivity contribution in [1.82, 2.24) is 19.9 Å². The SMILES string of the molecule is c1ccc(-c2nc(-c3ccccc3)nc(-c3ccc(-c4nc5ccc6ccccc6c5c5c4sc4ccccc45)cc3)n2)cc1. The van der Waals surface area contributed by atoms with Crippen molar-refractivity contribution < 1.29 is 0 Å². The van der Waals surface area contributed by atoms with Crippen molar-refractivity contribution in [3.63, 3.8) is 0 Å². The van der Waals surface area contributed by atoms with Crippen molar-refractivity contribution in [1.29, 1.82) is 0 Å². The summed E-state index contributed by atoms with van der Waals surface area (Å²) in [7, 11) is 0. The second-order valence-electron chi connectivity index (χ2n) is 11.1. The summed E-state index contributed by atoms with van der Waals surface area (Å²) in [6.07, 6.45) is 0. The third kappa shape index (κ3) is 4.36. The molecule has 0 N–H and O–H groups in total. The number of hydrogen-bond donors (Lipinski definition) is 0. The summed E-state index contributed by atoms with van der Waals surface area (Å²) < 4.78 is 2.46. The Hall–Kier alpha value is -5.78. The third-order valence-corrected chi connectivity index (χ3v) is 9.49. The van der Waals surface area contributed by atoms with E-state index in [2.05, 4.69) is 84.9 Å². The Morgan fingerprint density at radius 2 is 0.911 bits per heavy atom. The van der Waals surface area contributed by atoms with Gasteiger partial charge in [0.15, 0.2) is 17.5 Å². The fourth-order valence-electron chi connectivity index (χ4n) is 6.16. The summed E-state index contributed by atoms with van der Waals surface area (Å²) in [6.45, 7) is 0. The van der Waals surface area contributed by atoms with Crippen LogP contribution in [0.15, 0.2) is 146 Å². The van der Waals surface area contributed by atoms with Crippen molar-refractivity contribution in [3.8, 4) is 45.4 Å². The maximum atomic E-state index is 5.30. The minimum atomic E-state index is 0.638. The second-order valence-corrected chi connectivity index (χ2v) is 12.1. The number of fused-ring (bicyclic) bond motifs is 7. The minimum absolute atomic E-state index is 0.638. The molecule has 0 amide bonds. The van der Waals surface area contributed by atoms with Crippen LogP contribution in [0.2, 0.25) is 0 Å². The average molecular weight is 593 g/mol. The Balaban J connectivity index is 1.22. The molecule has 5 heteroatoms. The highest BCUT2D eigenvalue weighted by molar-refractivity contribution is 7.26. The van der Waals surface area contributed by atoms with Crippen LogP contribution in [0.25, 0.3) is 87.3 Å². The fourth-order valence-corrected chi connectivity index (χ4v) is 7.38. The van der Waals surface area contributed by atoms with Gasteiger partial charge in [-0.25, -0.2) is 19.9 Å². The third-order valence-electron chi connectivity index (χ3n) is 8.32. The molecule has 9 rings (SSSR count). The van der Waals surface area contributed by atoms with Crippen molar-refractivity contribution >= 4 is 53.2 Å². The fraction of sp³-hybridized carbons (Fsp3) is 0. The number of thiophene rings is 1. The second kappa shape index (κ2) is 10.4. The first-order valence-electron chi connectivity index (χ1n) is 14.9. The summed E-state index contributed by atoms with van der Waals surface area (Å²) >= 11 is 1.81. The molecule has 9 aromatic rings. The molecule has 6 aromatic carbocycles. The molecule has 3 heterocycles. The molecule has 210 valence electrons. The van der Waals surface area contributed by atoms with Crippen LogP contribution in [0.1, 0.15) is 0 Å². The van der Waals surface area contributed by atoms with Gasteiger partial charge in [0.25, 0.3) is 0 Å². The molecule has 0 fully saturated rings. The quantitative estimate of drug-likeness (QED) is 0.191. The normalized spacial score (nSPS) is 11.6. The van der Waals surface area contributed by atoms with E-state index in [0.717, 1.165) is 33.5 Å². The zero-order valence-electron chi connectivity index (χ0n) is 24.1. The average Bonchev–Trinajstić information content (AvgIpc) is 3.51. The van der Waals surface area contributed by atoms with E-state index in [4.69, 9.17) is 19.9 Å². The number of nitrogens with zero attached hydrogens (tertiary/aromatic N) is 4. The van der Waals surface area contributed by atoms with Gasteiger partial charge < -0.3 is 0 Å². The molecule has 45 heavy (non-hydrogen) atoms. The van der Waals surface area contributed by atoms with Gasteiger partial charge in [-0.3, -0.25) is 0 Å². The highest BCUT2D eigenvalue weighted by atomic mass is 32.1. The maximum Gasteiger partial charge on any atom is 0.164 e. The summed E-state index contributed by atoms with van der Waals surface area (Å²) in [4.78, 5) is 20.0. The molecule has 0 aliphatic heterocycles. The van der Waals surface area contributed by atoms with Crippen LogP contribution in [0.4, 0.5) is 0 Å². The number of hydrogen-bond acceptors (Lipinski definition) is 5. The topological polar surface area (TPSA) is 51.6 Å². The van der Waals surface area contributed by atoms with E-state index in [1.807, 2.05) is 72.0 Å². The van der Waals surface area contributed by atoms with Crippen molar-refractivity contribution in [2.24, 2.45) is 0 Å². The molecule has 0 saturated heterocycles. The van der Waals surface area contributed by atoms with Crippen LogP contribution in [-0.4, -0.2) is 19.9 Å².